The third-order valence-electron chi connectivity index (χ3n) is 7.55. The maximum atomic E-state index is 2.40. The molecule has 0 saturated heterocycles. The van der Waals surface area contributed by atoms with Crippen LogP contribution >= 0.6 is 11.3 Å². The Morgan fingerprint density at radius 3 is 2.13 bits per heavy atom. The van der Waals surface area contributed by atoms with Crippen molar-refractivity contribution in [3.8, 4) is 22.5 Å². The average Bonchev–Trinajstić information content (AvgIpc) is 3.30. The number of pyridine rings is 2. The number of aromatic nitrogens is 2. The van der Waals surface area contributed by atoms with Crippen LogP contribution in [-0.4, -0.2) is 0 Å². The first kappa shape index (κ1) is 24.5. The standard InChI is InChI=1S/C35H34N2S/c1-6-25-13-7-8-14-27(25)30-15-9-11-21-36(30)37-22-12-10-16-31(37)33-24(2)17-19-28-29-23-26(35(3,4)5)18-20-32(29)38-34(28)33/h7-23H,6H2,1-5H3/q+2. The van der Waals surface area contributed by atoms with Gasteiger partial charge in [-0.25, -0.2) is 0 Å². The van der Waals surface area contributed by atoms with E-state index < -0.39 is 0 Å². The Hall–Kier alpha value is -3.82. The van der Waals surface area contributed by atoms with E-state index in [-0.39, 0.29) is 5.41 Å². The molecule has 6 aromatic rings. The number of nitrogens with zero attached hydrogens (tertiary/aromatic N) is 2. The van der Waals surface area contributed by atoms with E-state index in [9.17, 15) is 0 Å². The van der Waals surface area contributed by atoms with E-state index in [1.165, 1.54) is 59.4 Å². The van der Waals surface area contributed by atoms with Crippen LogP contribution in [0.5, 0.6) is 0 Å². The quantitative estimate of drug-likeness (QED) is 0.209. The molecule has 0 unspecified atom stereocenters. The van der Waals surface area contributed by atoms with Crippen LogP contribution in [0.1, 0.15) is 44.4 Å². The lowest BCUT2D eigenvalue weighted by Gasteiger charge is -2.18. The van der Waals surface area contributed by atoms with Gasteiger partial charge in [0.15, 0.2) is 0 Å². The highest BCUT2D eigenvalue weighted by atomic mass is 32.1. The van der Waals surface area contributed by atoms with Crippen LogP contribution in [0.15, 0.2) is 103 Å². The third-order valence-corrected chi connectivity index (χ3v) is 8.76. The second kappa shape index (κ2) is 9.49. The fourth-order valence-corrected chi connectivity index (χ4v) is 6.75. The second-order valence-corrected chi connectivity index (χ2v) is 12.1. The van der Waals surface area contributed by atoms with Crippen molar-refractivity contribution in [1.29, 1.82) is 0 Å². The Bertz CT molecular complexity index is 1800. The van der Waals surface area contributed by atoms with Crippen LogP contribution in [0.25, 0.3) is 42.7 Å². The van der Waals surface area contributed by atoms with Gasteiger partial charge in [-0.05, 0) is 65.8 Å². The first-order chi connectivity index (χ1) is 18.4. The lowest BCUT2D eigenvalue weighted by Crippen LogP contribution is -2.68. The summed E-state index contributed by atoms with van der Waals surface area (Å²) in [6.07, 6.45) is 5.34. The Balaban J connectivity index is 1.62. The largest absolute Gasteiger partial charge is 0.286 e. The molecule has 38 heavy (non-hydrogen) atoms. The predicted molar refractivity (Wildman–Crippen MR) is 161 cm³/mol. The molecule has 0 bridgehead atoms. The van der Waals surface area contributed by atoms with Crippen molar-refractivity contribution >= 4 is 31.5 Å². The Kier molecular flexibility index (Phi) is 6.12. The number of hydrogen-bond acceptors (Lipinski definition) is 1. The van der Waals surface area contributed by atoms with Gasteiger partial charge < -0.3 is 0 Å². The van der Waals surface area contributed by atoms with E-state index in [0.717, 1.165) is 6.42 Å². The van der Waals surface area contributed by atoms with Crippen LogP contribution in [-0.2, 0) is 11.8 Å². The Morgan fingerprint density at radius 2 is 1.39 bits per heavy atom. The van der Waals surface area contributed by atoms with E-state index in [0.29, 0.717) is 0 Å². The van der Waals surface area contributed by atoms with Crippen LogP contribution in [0.4, 0.5) is 0 Å². The van der Waals surface area contributed by atoms with Gasteiger partial charge in [-0.15, -0.1) is 11.3 Å². The summed E-state index contributed by atoms with van der Waals surface area (Å²) in [5.41, 5.74) is 9.06. The molecule has 3 aromatic carbocycles. The van der Waals surface area contributed by atoms with Crippen LogP contribution in [0.2, 0.25) is 0 Å². The van der Waals surface area contributed by atoms with Gasteiger partial charge in [-0.1, -0.05) is 64.1 Å². The van der Waals surface area contributed by atoms with Gasteiger partial charge in [0.05, 0.1) is 20.5 Å². The smallest absolute Gasteiger partial charge is 0.134 e. The summed E-state index contributed by atoms with van der Waals surface area (Å²) >= 11 is 1.90. The average molecular weight is 515 g/mol. The van der Waals surface area contributed by atoms with Gasteiger partial charge in [0.25, 0.3) is 11.4 Å². The van der Waals surface area contributed by atoms with Crippen molar-refractivity contribution in [2.24, 2.45) is 0 Å². The van der Waals surface area contributed by atoms with E-state index in [1.807, 2.05) is 11.3 Å². The van der Waals surface area contributed by atoms with Gasteiger partial charge in [-0.2, -0.15) is 0 Å². The molecule has 6 rings (SSSR count). The summed E-state index contributed by atoms with van der Waals surface area (Å²) in [6.45, 7) is 11.3. The summed E-state index contributed by atoms with van der Waals surface area (Å²) in [7, 11) is 0. The minimum Gasteiger partial charge on any atom is -0.134 e. The first-order valence-corrected chi connectivity index (χ1v) is 14.3. The lowest BCUT2D eigenvalue weighted by molar-refractivity contribution is -1.29. The van der Waals surface area contributed by atoms with E-state index in [2.05, 4.69) is 147 Å². The topological polar surface area (TPSA) is 7.76 Å². The normalized spacial score (nSPS) is 11.9. The summed E-state index contributed by atoms with van der Waals surface area (Å²) in [6, 6.07) is 33.3. The number of rotatable bonds is 4. The van der Waals surface area contributed by atoms with Crippen LogP contribution < -0.4 is 9.35 Å². The SMILES string of the molecule is CCc1ccccc1-c1cccc[n+]1-[n+]1ccccc1-c1c(C)ccc2c1sc1ccc(C(C)(C)C)cc12. The molecule has 3 aromatic heterocycles. The zero-order chi connectivity index (χ0) is 26.4. The van der Waals surface area contributed by atoms with Crippen molar-refractivity contribution in [3.63, 3.8) is 0 Å². The monoisotopic (exact) mass is 514 g/mol. The molecule has 0 aliphatic carbocycles. The Labute approximate surface area is 229 Å². The highest BCUT2D eigenvalue weighted by Gasteiger charge is 2.29. The van der Waals surface area contributed by atoms with Crippen molar-refractivity contribution in [1.82, 2.24) is 0 Å². The Morgan fingerprint density at radius 1 is 0.711 bits per heavy atom. The summed E-state index contributed by atoms with van der Waals surface area (Å²) in [4.78, 5) is 0. The zero-order valence-corrected chi connectivity index (χ0v) is 23.6. The predicted octanol–water partition coefficient (Wildman–Crippen LogP) is 8.44. The summed E-state index contributed by atoms with van der Waals surface area (Å²) in [5, 5.41) is 2.69. The molecular weight excluding hydrogens is 480 g/mol. The fourth-order valence-electron chi connectivity index (χ4n) is 5.46. The van der Waals surface area contributed by atoms with Crippen molar-refractivity contribution in [3.05, 3.63) is 120 Å². The van der Waals surface area contributed by atoms with Crippen LogP contribution in [0, 0.1) is 6.92 Å². The molecular formula is C35H34N2S+2. The first-order valence-electron chi connectivity index (χ1n) is 13.4. The molecule has 0 amide bonds. The third kappa shape index (κ3) is 4.12. The van der Waals surface area contributed by atoms with E-state index in [4.69, 9.17) is 0 Å². The van der Waals surface area contributed by atoms with E-state index in [1.54, 1.807) is 0 Å². The summed E-state index contributed by atoms with van der Waals surface area (Å²) in [5.74, 6) is 0. The minimum absolute atomic E-state index is 0.119. The maximum absolute atomic E-state index is 2.40. The number of benzene rings is 3. The van der Waals surface area contributed by atoms with Gasteiger partial charge in [0.2, 0.25) is 12.4 Å². The number of hydrogen-bond donors (Lipinski definition) is 0. The molecule has 0 spiro atoms. The van der Waals surface area contributed by atoms with Gasteiger partial charge in [0.1, 0.15) is 0 Å². The molecule has 3 heteroatoms. The highest BCUT2D eigenvalue weighted by Crippen LogP contribution is 2.42. The molecule has 0 fully saturated rings. The summed E-state index contributed by atoms with van der Waals surface area (Å²) < 4.78 is 7.27. The second-order valence-electron chi connectivity index (χ2n) is 11.1. The van der Waals surface area contributed by atoms with Gasteiger partial charge in [-0.3, -0.25) is 0 Å². The molecule has 0 aliphatic heterocycles. The van der Waals surface area contributed by atoms with Gasteiger partial charge >= 0.3 is 0 Å². The fraction of sp³-hybridized carbons (Fsp3) is 0.200. The van der Waals surface area contributed by atoms with E-state index >= 15 is 0 Å². The van der Waals surface area contributed by atoms with Crippen molar-refractivity contribution in [2.45, 2.75) is 46.5 Å². The molecule has 2 nitrogen and oxygen atoms in total. The zero-order valence-electron chi connectivity index (χ0n) is 22.8. The molecule has 0 radical (unpaired) electrons. The molecule has 0 saturated carbocycles. The number of aryl methyl sites for hydroxylation is 2. The van der Waals surface area contributed by atoms with Crippen molar-refractivity contribution < 1.29 is 9.35 Å². The number of thiophene rings is 1. The van der Waals surface area contributed by atoms with Crippen LogP contribution in [0.3, 0.4) is 0 Å². The van der Waals surface area contributed by atoms with Gasteiger partial charge in [0, 0.05) is 44.4 Å². The molecule has 0 N–H and O–H groups in total. The lowest BCUT2D eigenvalue weighted by atomic mass is 9.86. The van der Waals surface area contributed by atoms with Crippen molar-refractivity contribution in [2.75, 3.05) is 0 Å². The molecule has 0 atom stereocenters. The minimum atomic E-state index is 0.119. The highest BCUT2D eigenvalue weighted by molar-refractivity contribution is 7.26. The maximum Gasteiger partial charge on any atom is 0.286 e. The molecule has 188 valence electrons. The number of fused-ring (bicyclic) bond motifs is 3. The molecule has 0 aliphatic rings. The molecule has 3 heterocycles.